The summed E-state index contributed by atoms with van der Waals surface area (Å²) in [5, 5.41) is 21.0. The monoisotopic (exact) mass is 233 g/mol. The molecule has 5 nitrogen and oxygen atoms in total. The van der Waals surface area contributed by atoms with Crippen LogP contribution in [0.2, 0.25) is 0 Å². The van der Waals surface area contributed by atoms with E-state index in [0.29, 0.717) is 13.1 Å². The molecule has 16 heavy (non-hydrogen) atoms. The van der Waals surface area contributed by atoms with Crippen molar-refractivity contribution >= 4 is 0 Å². The van der Waals surface area contributed by atoms with Gasteiger partial charge in [-0.25, -0.2) is 0 Å². The predicted octanol–water partition coefficient (Wildman–Crippen LogP) is -1.01. The molecular formula is C11H27N3O2. The van der Waals surface area contributed by atoms with Crippen LogP contribution in [0, 0.1) is 0 Å². The van der Waals surface area contributed by atoms with E-state index in [1.807, 2.05) is 0 Å². The van der Waals surface area contributed by atoms with Gasteiger partial charge in [-0.3, -0.25) is 4.90 Å². The fourth-order valence-electron chi connectivity index (χ4n) is 1.56. The van der Waals surface area contributed by atoms with Crippen molar-refractivity contribution < 1.29 is 10.2 Å². The third kappa shape index (κ3) is 10.3. The fourth-order valence-corrected chi connectivity index (χ4v) is 1.56. The zero-order valence-corrected chi connectivity index (χ0v) is 10.2. The lowest BCUT2D eigenvalue weighted by Crippen LogP contribution is -2.31. The van der Waals surface area contributed by atoms with Gasteiger partial charge in [0.25, 0.3) is 0 Å². The molecule has 0 aromatic carbocycles. The van der Waals surface area contributed by atoms with Gasteiger partial charge in [0.15, 0.2) is 0 Å². The molecule has 0 fully saturated rings. The van der Waals surface area contributed by atoms with E-state index < -0.39 is 0 Å². The van der Waals surface area contributed by atoms with Gasteiger partial charge >= 0.3 is 0 Å². The van der Waals surface area contributed by atoms with Gasteiger partial charge < -0.3 is 21.3 Å². The van der Waals surface area contributed by atoms with Crippen molar-refractivity contribution in [1.29, 1.82) is 0 Å². The first kappa shape index (κ1) is 15.8. The van der Waals surface area contributed by atoms with E-state index >= 15 is 0 Å². The molecule has 0 saturated carbocycles. The molecule has 0 aromatic rings. The Bertz CT molecular complexity index is 130. The van der Waals surface area contributed by atoms with Crippen molar-refractivity contribution in [3.8, 4) is 0 Å². The zero-order valence-electron chi connectivity index (χ0n) is 10.2. The highest BCUT2D eigenvalue weighted by molar-refractivity contribution is 4.58. The van der Waals surface area contributed by atoms with Crippen LogP contribution in [0.1, 0.15) is 19.3 Å². The maximum Gasteiger partial charge on any atom is 0.0558 e. The molecular weight excluding hydrogens is 206 g/mol. The number of hydrogen-bond acceptors (Lipinski definition) is 5. The highest BCUT2D eigenvalue weighted by Crippen LogP contribution is 1.94. The Balaban J connectivity index is 3.25. The zero-order chi connectivity index (χ0) is 12.1. The second-order valence-corrected chi connectivity index (χ2v) is 3.89. The molecule has 0 amide bonds. The standard InChI is InChI=1S/C11H27N3O2/c12-4-3-6-13-5-1-2-7-14(8-10-15)9-11-16/h13,15-16H,1-12H2. The minimum Gasteiger partial charge on any atom is -0.395 e. The molecule has 0 heterocycles. The number of aliphatic hydroxyl groups is 2. The second-order valence-electron chi connectivity index (χ2n) is 3.89. The SMILES string of the molecule is NCCCNCCCCN(CCO)CCO. The maximum atomic E-state index is 8.82. The van der Waals surface area contributed by atoms with Crippen LogP contribution in [0.5, 0.6) is 0 Å². The van der Waals surface area contributed by atoms with Crippen molar-refractivity contribution in [2.24, 2.45) is 5.73 Å². The number of unbranched alkanes of at least 4 members (excludes halogenated alkanes) is 1. The van der Waals surface area contributed by atoms with Crippen LogP contribution >= 0.6 is 0 Å². The molecule has 0 bridgehead atoms. The molecule has 0 atom stereocenters. The van der Waals surface area contributed by atoms with Gasteiger partial charge in [0, 0.05) is 13.1 Å². The van der Waals surface area contributed by atoms with Gasteiger partial charge in [-0.05, 0) is 45.4 Å². The minimum atomic E-state index is 0.161. The summed E-state index contributed by atoms with van der Waals surface area (Å²) >= 11 is 0. The Morgan fingerprint density at radius 1 is 0.875 bits per heavy atom. The molecule has 5 heteroatoms. The smallest absolute Gasteiger partial charge is 0.0558 e. The van der Waals surface area contributed by atoms with Crippen LogP contribution in [0.3, 0.4) is 0 Å². The Morgan fingerprint density at radius 2 is 1.50 bits per heavy atom. The van der Waals surface area contributed by atoms with E-state index in [1.165, 1.54) is 0 Å². The highest BCUT2D eigenvalue weighted by atomic mass is 16.3. The van der Waals surface area contributed by atoms with E-state index in [4.69, 9.17) is 15.9 Å². The molecule has 0 aliphatic carbocycles. The summed E-state index contributed by atoms with van der Waals surface area (Å²) in [5.74, 6) is 0. The molecule has 0 spiro atoms. The van der Waals surface area contributed by atoms with Crippen LogP contribution < -0.4 is 11.1 Å². The Labute approximate surface area is 98.6 Å². The molecule has 98 valence electrons. The van der Waals surface area contributed by atoms with Gasteiger partial charge in [-0.15, -0.1) is 0 Å². The first-order valence-electron chi connectivity index (χ1n) is 6.20. The molecule has 0 rings (SSSR count). The first-order chi connectivity index (χ1) is 7.85. The summed E-state index contributed by atoms with van der Waals surface area (Å²) in [6.45, 7) is 5.33. The normalized spacial score (nSPS) is 11.2. The van der Waals surface area contributed by atoms with E-state index in [2.05, 4.69) is 10.2 Å². The molecule has 5 N–H and O–H groups in total. The van der Waals surface area contributed by atoms with Crippen LogP contribution in [0.25, 0.3) is 0 Å². The fraction of sp³-hybridized carbons (Fsp3) is 1.00. The lowest BCUT2D eigenvalue weighted by Gasteiger charge is -2.19. The average molecular weight is 233 g/mol. The van der Waals surface area contributed by atoms with Crippen LogP contribution in [0.15, 0.2) is 0 Å². The second kappa shape index (κ2) is 12.9. The van der Waals surface area contributed by atoms with Gasteiger partial charge in [-0.1, -0.05) is 0 Å². The third-order valence-electron chi connectivity index (χ3n) is 2.47. The van der Waals surface area contributed by atoms with Crippen molar-refractivity contribution in [3.63, 3.8) is 0 Å². The number of nitrogens with two attached hydrogens (primary N) is 1. The lowest BCUT2D eigenvalue weighted by atomic mass is 10.3. The number of nitrogens with one attached hydrogen (secondary N) is 1. The predicted molar refractivity (Wildman–Crippen MR) is 66.4 cm³/mol. The van der Waals surface area contributed by atoms with Crippen LogP contribution in [-0.2, 0) is 0 Å². The number of rotatable bonds is 12. The topological polar surface area (TPSA) is 81.8 Å². The first-order valence-corrected chi connectivity index (χ1v) is 6.20. The van der Waals surface area contributed by atoms with Gasteiger partial charge in [0.1, 0.15) is 0 Å². The van der Waals surface area contributed by atoms with E-state index in [1.54, 1.807) is 0 Å². The van der Waals surface area contributed by atoms with E-state index in [9.17, 15) is 0 Å². The van der Waals surface area contributed by atoms with Crippen molar-refractivity contribution in [3.05, 3.63) is 0 Å². The van der Waals surface area contributed by atoms with Crippen LogP contribution in [-0.4, -0.2) is 67.6 Å². The molecule has 0 radical (unpaired) electrons. The number of aliphatic hydroxyl groups excluding tert-OH is 2. The maximum absolute atomic E-state index is 8.82. The van der Waals surface area contributed by atoms with Crippen LogP contribution in [0.4, 0.5) is 0 Å². The molecule has 0 aliphatic heterocycles. The Kier molecular flexibility index (Phi) is 12.7. The van der Waals surface area contributed by atoms with Gasteiger partial charge in [0.05, 0.1) is 13.2 Å². The van der Waals surface area contributed by atoms with Crippen molar-refractivity contribution in [1.82, 2.24) is 10.2 Å². The van der Waals surface area contributed by atoms with Gasteiger partial charge in [-0.2, -0.15) is 0 Å². The third-order valence-corrected chi connectivity index (χ3v) is 2.47. The average Bonchev–Trinajstić information content (AvgIpc) is 2.28. The molecule has 0 unspecified atom stereocenters. The number of nitrogens with zero attached hydrogens (tertiary/aromatic N) is 1. The quantitative estimate of drug-likeness (QED) is 0.325. The summed E-state index contributed by atoms with van der Waals surface area (Å²) in [5.41, 5.74) is 5.38. The van der Waals surface area contributed by atoms with E-state index in [-0.39, 0.29) is 13.2 Å². The van der Waals surface area contributed by atoms with Crippen molar-refractivity contribution in [2.45, 2.75) is 19.3 Å². The Morgan fingerprint density at radius 3 is 2.06 bits per heavy atom. The van der Waals surface area contributed by atoms with Crippen molar-refractivity contribution in [2.75, 3.05) is 52.5 Å². The largest absolute Gasteiger partial charge is 0.395 e. The summed E-state index contributed by atoms with van der Waals surface area (Å²) in [6.07, 6.45) is 3.24. The molecule has 0 saturated heterocycles. The summed E-state index contributed by atoms with van der Waals surface area (Å²) < 4.78 is 0. The summed E-state index contributed by atoms with van der Waals surface area (Å²) in [7, 11) is 0. The summed E-state index contributed by atoms with van der Waals surface area (Å²) in [6, 6.07) is 0. The summed E-state index contributed by atoms with van der Waals surface area (Å²) in [4.78, 5) is 2.08. The Hall–Kier alpha value is -0.200. The molecule has 0 aliphatic rings. The van der Waals surface area contributed by atoms with E-state index in [0.717, 1.165) is 45.4 Å². The molecule has 0 aromatic heterocycles. The minimum absolute atomic E-state index is 0.161. The highest BCUT2D eigenvalue weighted by Gasteiger charge is 2.02. The number of hydrogen-bond donors (Lipinski definition) is 4. The lowest BCUT2D eigenvalue weighted by molar-refractivity contribution is 0.159. The van der Waals surface area contributed by atoms with Gasteiger partial charge in [0.2, 0.25) is 0 Å².